The summed E-state index contributed by atoms with van der Waals surface area (Å²) in [5, 5.41) is 0. The summed E-state index contributed by atoms with van der Waals surface area (Å²) < 4.78 is 31.3. The largest absolute Gasteiger partial charge is 0.389 e. The standard InChI is InChI=1S/C12H18N2O3S2/c1-2-17-8-7-14-19(15,16)9-10-5-3-4-6-11(10)12(13)18/h3-6,14H,2,7-9H2,1H3,(H2,13,18). The molecule has 0 aliphatic heterocycles. The Morgan fingerprint density at radius 3 is 2.74 bits per heavy atom. The Morgan fingerprint density at radius 1 is 1.42 bits per heavy atom. The highest BCUT2D eigenvalue weighted by molar-refractivity contribution is 7.88. The number of hydrogen-bond acceptors (Lipinski definition) is 4. The third kappa shape index (κ3) is 5.65. The van der Waals surface area contributed by atoms with Gasteiger partial charge in [0.25, 0.3) is 0 Å². The van der Waals surface area contributed by atoms with Gasteiger partial charge in [-0.2, -0.15) is 0 Å². The molecule has 0 aliphatic rings. The zero-order valence-electron chi connectivity index (χ0n) is 10.8. The van der Waals surface area contributed by atoms with Crippen LogP contribution in [0.2, 0.25) is 0 Å². The maximum absolute atomic E-state index is 11.9. The molecule has 0 aromatic heterocycles. The molecule has 3 N–H and O–H groups in total. The van der Waals surface area contributed by atoms with Crippen LogP contribution in [-0.4, -0.2) is 33.2 Å². The second kappa shape index (κ2) is 7.54. The lowest BCUT2D eigenvalue weighted by molar-refractivity contribution is 0.153. The fourth-order valence-electron chi connectivity index (χ4n) is 1.56. The van der Waals surface area contributed by atoms with Gasteiger partial charge >= 0.3 is 0 Å². The van der Waals surface area contributed by atoms with Gasteiger partial charge in [-0.05, 0) is 12.5 Å². The van der Waals surface area contributed by atoms with E-state index in [0.717, 1.165) is 0 Å². The number of nitrogens with one attached hydrogen (secondary N) is 1. The van der Waals surface area contributed by atoms with E-state index >= 15 is 0 Å². The Morgan fingerprint density at radius 2 is 2.11 bits per heavy atom. The molecule has 0 amide bonds. The molecule has 0 saturated carbocycles. The van der Waals surface area contributed by atoms with Gasteiger partial charge in [0.1, 0.15) is 4.99 Å². The predicted octanol–water partition coefficient (Wildman–Crippen LogP) is 0.777. The maximum Gasteiger partial charge on any atom is 0.215 e. The van der Waals surface area contributed by atoms with Crippen LogP contribution in [0.15, 0.2) is 24.3 Å². The fraction of sp³-hybridized carbons (Fsp3) is 0.417. The third-order valence-corrected chi connectivity index (χ3v) is 3.96. The number of hydrogen-bond donors (Lipinski definition) is 2. The zero-order chi connectivity index (χ0) is 14.3. The molecule has 7 heteroatoms. The van der Waals surface area contributed by atoms with Crippen LogP contribution in [0.5, 0.6) is 0 Å². The first-order chi connectivity index (χ1) is 8.96. The van der Waals surface area contributed by atoms with Crippen LogP contribution >= 0.6 is 12.2 Å². The van der Waals surface area contributed by atoms with Gasteiger partial charge in [0.15, 0.2) is 0 Å². The Hall–Kier alpha value is -1.02. The van der Waals surface area contributed by atoms with Crippen molar-refractivity contribution < 1.29 is 13.2 Å². The molecule has 0 saturated heterocycles. The highest BCUT2D eigenvalue weighted by Gasteiger charge is 2.14. The lowest BCUT2D eigenvalue weighted by Gasteiger charge is -2.10. The maximum atomic E-state index is 11.9. The van der Waals surface area contributed by atoms with Crippen molar-refractivity contribution >= 4 is 27.2 Å². The average molecular weight is 302 g/mol. The van der Waals surface area contributed by atoms with E-state index in [1.54, 1.807) is 24.3 Å². The highest BCUT2D eigenvalue weighted by Crippen LogP contribution is 2.11. The number of sulfonamides is 1. The quantitative estimate of drug-likeness (QED) is 0.548. The van der Waals surface area contributed by atoms with Crippen molar-refractivity contribution in [3.8, 4) is 0 Å². The fourth-order valence-corrected chi connectivity index (χ4v) is 2.91. The zero-order valence-corrected chi connectivity index (χ0v) is 12.4. The SMILES string of the molecule is CCOCCNS(=O)(=O)Cc1ccccc1C(N)=S. The number of ether oxygens (including phenoxy) is 1. The number of rotatable bonds is 8. The molecule has 1 aromatic rings. The van der Waals surface area contributed by atoms with E-state index in [1.165, 1.54) is 0 Å². The molecule has 19 heavy (non-hydrogen) atoms. The molecule has 106 valence electrons. The van der Waals surface area contributed by atoms with E-state index in [9.17, 15) is 8.42 Å². The average Bonchev–Trinajstić information content (AvgIpc) is 2.34. The summed E-state index contributed by atoms with van der Waals surface area (Å²) >= 11 is 4.90. The monoisotopic (exact) mass is 302 g/mol. The van der Waals surface area contributed by atoms with Crippen molar-refractivity contribution in [1.82, 2.24) is 4.72 Å². The van der Waals surface area contributed by atoms with Crippen molar-refractivity contribution in [3.63, 3.8) is 0 Å². The second-order valence-corrected chi connectivity index (χ2v) is 6.12. The normalized spacial score (nSPS) is 11.4. The van der Waals surface area contributed by atoms with Gasteiger partial charge in [-0.3, -0.25) is 0 Å². The minimum absolute atomic E-state index is 0.146. The molecule has 0 unspecified atom stereocenters. The third-order valence-electron chi connectivity index (χ3n) is 2.40. The van der Waals surface area contributed by atoms with Gasteiger partial charge in [0.2, 0.25) is 10.0 Å². The van der Waals surface area contributed by atoms with Gasteiger partial charge in [-0.1, -0.05) is 36.5 Å². The van der Waals surface area contributed by atoms with E-state index in [-0.39, 0.29) is 17.3 Å². The van der Waals surface area contributed by atoms with Crippen molar-refractivity contribution in [1.29, 1.82) is 0 Å². The van der Waals surface area contributed by atoms with E-state index in [0.29, 0.717) is 24.3 Å². The first kappa shape index (κ1) is 16.0. The molecular formula is C12H18N2O3S2. The molecule has 0 fully saturated rings. The highest BCUT2D eigenvalue weighted by atomic mass is 32.2. The molecule has 0 spiro atoms. The Labute approximate surface area is 119 Å². The summed E-state index contributed by atoms with van der Waals surface area (Å²) in [7, 11) is -3.42. The molecule has 0 heterocycles. The topological polar surface area (TPSA) is 81.4 Å². The Balaban J connectivity index is 2.70. The number of thiocarbonyl (C=S) groups is 1. The summed E-state index contributed by atoms with van der Waals surface area (Å²) in [6, 6.07) is 6.95. The first-order valence-corrected chi connectivity index (χ1v) is 7.95. The summed E-state index contributed by atoms with van der Waals surface area (Å²) in [5.74, 6) is -0.146. The molecule has 1 rings (SSSR count). The van der Waals surface area contributed by atoms with Crippen molar-refractivity contribution in [2.75, 3.05) is 19.8 Å². The molecule has 0 aliphatic carbocycles. The van der Waals surface area contributed by atoms with E-state index in [2.05, 4.69) is 4.72 Å². The van der Waals surface area contributed by atoms with Crippen molar-refractivity contribution in [2.45, 2.75) is 12.7 Å². The van der Waals surface area contributed by atoms with Crippen LogP contribution in [0.25, 0.3) is 0 Å². The molecule has 5 nitrogen and oxygen atoms in total. The lowest BCUT2D eigenvalue weighted by atomic mass is 10.1. The summed E-state index contributed by atoms with van der Waals surface area (Å²) in [4.78, 5) is 0.195. The molecular weight excluding hydrogens is 284 g/mol. The van der Waals surface area contributed by atoms with Crippen LogP contribution in [0.4, 0.5) is 0 Å². The van der Waals surface area contributed by atoms with E-state index in [1.807, 2.05) is 6.92 Å². The Bertz CT molecular complexity index is 530. The summed E-state index contributed by atoms with van der Waals surface area (Å²) in [6.07, 6.45) is 0. The lowest BCUT2D eigenvalue weighted by Crippen LogP contribution is -2.29. The second-order valence-electron chi connectivity index (χ2n) is 3.87. The van der Waals surface area contributed by atoms with Crippen molar-refractivity contribution in [2.24, 2.45) is 5.73 Å². The first-order valence-electron chi connectivity index (χ1n) is 5.89. The van der Waals surface area contributed by atoms with Gasteiger partial charge in [-0.15, -0.1) is 0 Å². The van der Waals surface area contributed by atoms with Gasteiger partial charge in [-0.25, -0.2) is 13.1 Å². The smallest absolute Gasteiger partial charge is 0.215 e. The van der Waals surface area contributed by atoms with Crippen LogP contribution in [-0.2, 0) is 20.5 Å². The van der Waals surface area contributed by atoms with Crippen LogP contribution in [0, 0.1) is 0 Å². The predicted molar refractivity (Wildman–Crippen MR) is 79.4 cm³/mol. The summed E-state index contributed by atoms with van der Waals surface area (Å²) in [5.41, 5.74) is 6.76. The minimum atomic E-state index is -3.42. The van der Waals surface area contributed by atoms with Crippen LogP contribution in [0.3, 0.4) is 0 Å². The number of benzene rings is 1. The number of nitrogens with two attached hydrogens (primary N) is 1. The molecule has 1 aromatic carbocycles. The summed E-state index contributed by atoms with van der Waals surface area (Å²) in [6.45, 7) is 3.02. The van der Waals surface area contributed by atoms with Crippen LogP contribution < -0.4 is 10.5 Å². The molecule has 0 atom stereocenters. The minimum Gasteiger partial charge on any atom is -0.389 e. The molecule has 0 bridgehead atoms. The van der Waals surface area contributed by atoms with Crippen molar-refractivity contribution in [3.05, 3.63) is 35.4 Å². The van der Waals surface area contributed by atoms with Gasteiger partial charge in [0.05, 0.1) is 12.4 Å². The molecule has 0 radical (unpaired) electrons. The van der Waals surface area contributed by atoms with E-state index in [4.69, 9.17) is 22.7 Å². The van der Waals surface area contributed by atoms with E-state index < -0.39 is 10.0 Å². The van der Waals surface area contributed by atoms with Gasteiger partial charge < -0.3 is 10.5 Å². The van der Waals surface area contributed by atoms with Crippen LogP contribution in [0.1, 0.15) is 18.1 Å². The Kier molecular flexibility index (Phi) is 6.36. The van der Waals surface area contributed by atoms with Gasteiger partial charge in [0, 0.05) is 18.7 Å².